The molecule has 4 aliphatic carbocycles. The lowest BCUT2D eigenvalue weighted by Crippen LogP contribution is -2.64. The number of rotatable bonds is 4. The second kappa shape index (κ2) is 8.76. The zero-order valence-corrected chi connectivity index (χ0v) is 20.9. The van der Waals surface area contributed by atoms with E-state index >= 15 is 0 Å². The van der Waals surface area contributed by atoms with Gasteiger partial charge in [0.25, 0.3) is 0 Å². The van der Waals surface area contributed by atoms with Crippen molar-refractivity contribution < 1.29 is 43.2 Å². The van der Waals surface area contributed by atoms with Crippen molar-refractivity contribution in [2.45, 2.75) is 58.2 Å². The van der Waals surface area contributed by atoms with Crippen molar-refractivity contribution >= 4 is 23.9 Å². The van der Waals surface area contributed by atoms with Crippen molar-refractivity contribution in [1.29, 1.82) is 0 Å². The van der Waals surface area contributed by atoms with Crippen LogP contribution in [0.3, 0.4) is 0 Å². The topological polar surface area (TPSA) is 125 Å². The summed E-state index contributed by atoms with van der Waals surface area (Å²) in [5, 5.41) is 11.6. The summed E-state index contributed by atoms with van der Waals surface area (Å²) < 4.78 is 20.0. The Labute approximate surface area is 204 Å². The smallest absolute Gasteiger partial charge is 0.438 e. The van der Waals surface area contributed by atoms with Crippen molar-refractivity contribution in [3.05, 3.63) is 23.8 Å². The second-order valence-corrected chi connectivity index (χ2v) is 10.8. The molecule has 0 bridgehead atoms. The summed E-state index contributed by atoms with van der Waals surface area (Å²) in [6.45, 7) is 5.17. The summed E-state index contributed by atoms with van der Waals surface area (Å²) in [5.74, 6) is -1.19. The highest BCUT2D eigenvalue weighted by Gasteiger charge is 2.73. The number of ketones is 2. The van der Waals surface area contributed by atoms with E-state index < -0.39 is 53.2 Å². The molecule has 192 valence electrons. The monoisotopic (exact) mass is 490 g/mol. The van der Waals surface area contributed by atoms with Gasteiger partial charge >= 0.3 is 12.3 Å². The molecule has 0 aromatic heterocycles. The van der Waals surface area contributed by atoms with E-state index in [9.17, 15) is 24.3 Å². The number of methoxy groups -OCH3 is 2. The first-order valence-electron chi connectivity index (χ1n) is 12.1. The normalized spacial score (nSPS) is 41.6. The molecule has 3 fully saturated rings. The number of carbonyl (C=O) groups excluding carboxylic acids is 4. The van der Waals surface area contributed by atoms with E-state index in [0.29, 0.717) is 12.8 Å². The maximum Gasteiger partial charge on any atom is 0.509 e. The minimum absolute atomic E-state index is 0.0312. The van der Waals surface area contributed by atoms with E-state index in [0.717, 1.165) is 19.1 Å². The third-order valence-corrected chi connectivity index (χ3v) is 9.35. The molecule has 0 spiro atoms. The predicted molar refractivity (Wildman–Crippen MR) is 122 cm³/mol. The average molecular weight is 491 g/mol. The molecule has 9 heteroatoms. The number of Topliss-reactive ketones (excluding diaryl/α,β-unsaturated/α-hetero) is 1. The van der Waals surface area contributed by atoms with Gasteiger partial charge in [-0.3, -0.25) is 9.59 Å². The molecule has 3 saturated carbocycles. The van der Waals surface area contributed by atoms with Crippen LogP contribution in [0.4, 0.5) is 9.59 Å². The highest BCUT2D eigenvalue weighted by molar-refractivity contribution is 6.01. The lowest BCUT2D eigenvalue weighted by molar-refractivity contribution is -0.188. The van der Waals surface area contributed by atoms with Gasteiger partial charge in [0.05, 0.1) is 20.3 Å². The average Bonchev–Trinajstić information content (AvgIpc) is 3.04. The van der Waals surface area contributed by atoms with E-state index in [4.69, 9.17) is 14.2 Å². The Hall–Kier alpha value is -2.68. The van der Waals surface area contributed by atoms with Crippen LogP contribution in [0, 0.1) is 34.5 Å². The van der Waals surface area contributed by atoms with Gasteiger partial charge < -0.3 is 24.1 Å². The Kier molecular flexibility index (Phi) is 6.36. The third-order valence-electron chi connectivity index (χ3n) is 9.35. The molecule has 8 atom stereocenters. The molecular weight excluding hydrogens is 456 g/mol. The molecule has 4 aliphatic rings. The Bertz CT molecular complexity index is 999. The van der Waals surface area contributed by atoms with Gasteiger partial charge in [0.2, 0.25) is 5.78 Å². The maximum atomic E-state index is 13.7. The van der Waals surface area contributed by atoms with E-state index in [1.807, 2.05) is 19.9 Å². The summed E-state index contributed by atoms with van der Waals surface area (Å²) in [5.41, 5.74) is -2.02. The van der Waals surface area contributed by atoms with Crippen LogP contribution in [0.25, 0.3) is 0 Å². The van der Waals surface area contributed by atoms with Crippen molar-refractivity contribution in [3.63, 3.8) is 0 Å². The standard InChI is InChI=1S/C26H34O9/c1-14-10-18-17-7-6-15-11-16(27)8-9-24(15,2)21(17)19(28)12-25(18,3)26(14,35-23(31)33-5)20(29)13-34-22(30)32-4/h8-9,11,14,17-19,21,28H,6-7,10,12-13H2,1-5H3/t14-,17+,18+,19?,21-,24+,25+,26+/m1/s1. The molecule has 0 heterocycles. The number of aliphatic hydroxyl groups is 1. The van der Waals surface area contributed by atoms with Gasteiger partial charge in [-0.25, -0.2) is 9.59 Å². The molecule has 0 amide bonds. The molecule has 1 N–H and O–H groups in total. The SMILES string of the molecule is COC(=O)OCC(=O)[C@@]1(OC(=O)OC)[C@H](C)C[C@H]2[C@@H]3CCC4=CC(=O)C=C[C@]4(C)[C@H]3C(O)C[C@@]21C. The molecule has 4 rings (SSSR count). The van der Waals surface area contributed by atoms with Crippen molar-refractivity contribution in [2.75, 3.05) is 20.8 Å². The number of hydrogen-bond acceptors (Lipinski definition) is 9. The minimum Gasteiger partial charge on any atom is -0.438 e. The largest absolute Gasteiger partial charge is 0.509 e. The van der Waals surface area contributed by atoms with Gasteiger partial charge in [-0.05, 0) is 49.7 Å². The maximum absolute atomic E-state index is 13.7. The highest BCUT2D eigenvalue weighted by Crippen LogP contribution is 2.69. The number of hydrogen-bond donors (Lipinski definition) is 1. The number of aliphatic hydroxyl groups excluding tert-OH is 1. The summed E-state index contributed by atoms with van der Waals surface area (Å²) in [6, 6.07) is 0. The van der Waals surface area contributed by atoms with Gasteiger partial charge in [0.1, 0.15) is 0 Å². The molecule has 0 saturated heterocycles. The van der Waals surface area contributed by atoms with E-state index in [-0.39, 0.29) is 30.0 Å². The highest BCUT2D eigenvalue weighted by atomic mass is 16.7. The quantitative estimate of drug-likeness (QED) is 0.590. The van der Waals surface area contributed by atoms with Gasteiger partial charge in [-0.15, -0.1) is 0 Å². The first-order valence-corrected chi connectivity index (χ1v) is 12.1. The zero-order valence-electron chi connectivity index (χ0n) is 20.9. The predicted octanol–water partition coefficient (Wildman–Crippen LogP) is 3.39. The van der Waals surface area contributed by atoms with Crippen molar-refractivity contribution in [1.82, 2.24) is 0 Å². The van der Waals surface area contributed by atoms with Crippen LogP contribution in [0.1, 0.15) is 46.5 Å². The molecule has 0 radical (unpaired) electrons. The fraction of sp³-hybridized carbons (Fsp3) is 0.692. The summed E-state index contributed by atoms with van der Waals surface area (Å²) in [4.78, 5) is 49.7. The molecule has 9 nitrogen and oxygen atoms in total. The van der Waals surface area contributed by atoms with E-state index in [2.05, 4.69) is 11.7 Å². The van der Waals surface area contributed by atoms with Crippen LogP contribution >= 0.6 is 0 Å². The van der Waals surface area contributed by atoms with Gasteiger partial charge in [0, 0.05) is 22.7 Å². The van der Waals surface area contributed by atoms with E-state index in [1.165, 1.54) is 7.11 Å². The molecule has 0 aromatic carbocycles. The summed E-state index contributed by atoms with van der Waals surface area (Å²) in [6.07, 6.45) is 4.60. The number of fused-ring (bicyclic) bond motifs is 5. The Balaban J connectivity index is 1.76. The Morgan fingerprint density at radius 3 is 2.49 bits per heavy atom. The molecule has 1 unspecified atom stereocenters. The zero-order chi connectivity index (χ0) is 25.8. The first kappa shape index (κ1) is 25.4. The van der Waals surface area contributed by atoms with Crippen LogP contribution in [0.2, 0.25) is 0 Å². The molecule has 0 aliphatic heterocycles. The summed E-state index contributed by atoms with van der Waals surface area (Å²) in [7, 11) is 2.31. The van der Waals surface area contributed by atoms with Gasteiger partial charge in [0.15, 0.2) is 18.0 Å². The molecule has 35 heavy (non-hydrogen) atoms. The molecule has 0 aromatic rings. The van der Waals surface area contributed by atoms with Crippen molar-refractivity contribution in [2.24, 2.45) is 34.5 Å². The van der Waals surface area contributed by atoms with Crippen LogP contribution in [-0.4, -0.2) is 61.5 Å². The third kappa shape index (κ3) is 3.61. The minimum atomic E-state index is -1.65. The van der Waals surface area contributed by atoms with Crippen LogP contribution in [-0.2, 0) is 28.5 Å². The number of carbonyl (C=O) groups is 4. The van der Waals surface area contributed by atoms with Crippen LogP contribution in [0.15, 0.2) is 23.8 Å². The second-order valence-electron chi connectivity index (χ2n) is 10.8. The lowest BCUT2D eigenvalue weighted by atomic mass is 9.46. The first-order chi connectivity index (χ1) is 16.4. The van der Waals surface area contributed by atoms with Gasteiger partial charge in [-0.2, -0.15) is 0 Å². The van der Waals surface area contributed by atoms with Crippen LogP contribution < -0.4 is 0 Å². The summed E-state index contributed by atoms with van der Waals surface area (Å²) >= 11 is 0. The Morgan fingerprint density at radius 2 is 1.83 bits per heavy atom. The fourth-order valence-electron chi connectivity index (χ4n) is 7.98. The van der Waals surface area contributed by atoms with Gasteiger partial charge in [-0.1, -0.05) is 32.4 Å². The Morgan fingerprint density at radius 1 is 1.14 bits per heavy atom. The molecular formula is C26H34O9. The van der Waals surface area contributed by atoms with Crippen LogP contribution in [0.5, 0.6) is 0 Å². The fourth-order valence-corrected chi connectivity index (χ4v) is 7.98. The number of ether oxygens (including phenoxy) is 4. The number of allylic oxidation sites excluding steroid dienone is 4. The lowest BCUT2D eigenvalue weighted by Gasteiger charge is -2.59. The van der Waals surface area contributed by atoms with Crippen molar-refractivity contribution in [3.8, 4) is 0 Å². The van der Waals surface area contributed by atoms with E-state index in [1.54, 1.807) is 12.2 Å².